The van der Waals surface area contributed by atoms with Crippen LogP contribution in [0.2, 0.25) is 0 Å². The van der Waals surface area contributed by atoms with E-state index in [1.165, 1.54) is 0 Å². The van der Waals surface area contributed by atoms with E-state index in [4.69, 9.17) is 11.6 Å². The fraction of sp³-hybridized carbons (Fsp3) is 0.400. The van der Waals surface area contributed by atoms with Crippen LogP contribution < -0.4 is 0 Å². The maximum Gasteiger partial charge on any atom is 0.127 e. The second kappa shape index (κ2) is 3.64. The first kappa shape index (κ1) is 8.43. The van der Waals surface area contributed by atoms with Crippen LogP contribution in [-0.2, 0) is 0 Å². The molecular weight excluding hydrogens is 156 g/mol. The van der Waals surface area contributed by atoms with Crippen molar-refractivity contribution in [2.75, 3.05) is 0 Å². The second-order valence-corrected chi connectivity index (χ2v) is 3.18. The molecule has 0 aromatic heterocycles. The molecule has 0 saturated carbocycles. The molecule has 0 amide bonds. The van der Waals surface area contributed by atoms with Gasteiger partial charge in [-0.05, 0) is 6.42 Å². The third kappa shape index (κ3) is 2.44. The highest BCUT2D eigenvalue weighted by molar-refractivity contribution is 6.27. The van der Waals surface area contributed by atoms with Crippen LogP contribution in [0.5, 0.6) is 0 Å². The maximum absolute atomic E-state index is 6.14. The largest absolute Gasteiger partial charge is 0.127 e. The van der Waals surface area contributed by atoms with Crippen LogP contribution in [-0.4, -0.2) is 4.87 Å². The first-order valence-corrected chi connectivity index (χ1v) is 4.18. The highest BCUT2D eigenvalue weighted by atomic mass is 35.5. The Kier molecular flexibility index (Phi) is 2.79. The van der Waals surface area contributed by atoms with Gasteiger partial charge in [-0.2, -0.15) is 0 Å². The first-order valence-electron chi connectivity index (χ1n) is 3.80. The van der Waals surface area contributed by atoms with Crippen molar-refractivity contribution >= 4 is 11.6 Å². The molecule has 1 aliphatic rings. The van der Waals surface area contributed by atoms with Gasteiger partial charge in [-0.25, -0.2) is 0 Å². The molecule has 0 aromatic rings. The van der Waals surface area contributed by atoms with E-state index in [-0.39, 0.29) is 0 Å². The Labute approximate surface area is 72.9 Å². The summed E-state index contributed by atoms with van der Waals surface area (Å²) in [6.07, 6.45) is 9.60. The van der Waals surface area contributed by atoms with E-state index in [0.717, 1.165) is 12.8 Å². The average Bonchev–Trinajstić information content (AvgIpc) is 2.03. The lowest BCUT2D eigenvalue weighted by Crippen LogP contribution is -2.15. The summed E-state index contributed by atoms with van der Waals surface area (Å²) in [5, 5.41) is 0. The molecule has 0 bridgehead atoms. The Morgan fingerprint density at radius 3 is 2.91 bits per heavy atom. The van der Waals surface area contributed by atoms with Crippen molar-refractivity contribution in [3.05, 3.63) is 24.3 Å². The zero-order valence-electron chi connectivity index (χ0n) is 6.60. The van der Waals surface area contributed by atoms with Crippen molar-refractivity contribution in [3.63, 3.8) is 0 Å². The highest BCUT2D eigenvalue weighted by Gasteiger charge is 2.19. The summed E-state index contributed by atoms with van der Waals surface area (Å²) >= 11 is 6.14. The molecule has 1 heteroatoms. The van der Waals surface area contributed by atoms with Gasteiger partial charge >= 0.3 is 0 Å². The number of hydrogen-bond acceptors (Lipinski definition) is 0. The lowest BCUT2D eigenvalue weighted by Gasteiger charge is -2.15. The zero-order chi connectivity index (χ0) is 8.16. The monoisotopic (exact) mass is 166 g/mol. The van der Waals surface area contributed by atoms with Gasteiger partial charge in [0.25, 0.3) is 0 Å². The molecule has 1 unspecified atom stereocenters. The SMILES string of the molecule is CCC#CC1(Cl)C=CC=CC1. The molecule has 0 nitrogen and oxygen atoms in total. The Morgan fingerprint density at radius 1 is 1.55 bits per heavy atom. The van der Waals surface area contributed by atoms with Crippen molar-refractivity contribution in [2.45, 2.75) is 24.6 Å². The third-order valence-electron chi connectivity index (χ3n) is 1.50. The van der Waals surface area contributed by atoms with Crippen LogP contribution in [0.1, 0.15) is 19.8 Å². The van der Waals surface area contributed by atoms with E-state index in [1.54, 1.807) is 0 Å². The average molecular weight is 167 g/mol. The van der Waals surface area contributed by atoms with Crippen molar-refractivity contribution < 1.29 is 0 Å². The van der Waals surface area contributed by atoms with Crippen LogP contribution in [0, 0.1) is 11.8 Å². The molecule has 0 aliphatic heterocycles. The van der Waals surface area contributed by atoms with E-state index in [0.29, 0.717) is 0 Å². The highest BCUT2D eigenvalue weighted by Crippen LogP contribution is 2.24. The minimum Gasteiger partial charge on any atom is -0.101 e. The van der Waals surface area contributed by atoms with E-state index in [1.807, 2.05) is 31.2 Å². The number of halogens is 1. The van der Waals surface area contributed by atoms with Crippen LogP contribution >= 0.6 is 11.6 Å². The normalized spacial score (nSPS) is 27.8. The molecule has 0 radical (unpaired) electrons. The molecule has 11 heavy (non-hydrogen) atoms. The van der Waals surface area contributed by atoms with Gasteiger partial charge in [0.05, 0.1) is 0 Å². The molecule has 0 aromatic carbocycles. The molecule has 1 atom stereocenters. The molecule has 1 rings (SSSR count). The number of rotatable bonds is 0. The molecule has 0 spiro atoms. The summed E-state index contributed by atoms with van der Waals surface area (Å²) in [7, 11) is 0. The van der Waals surface area contributed by atoms with E-state index in [2.05, 4.69) is 11.8 Å². The van der Waals surface area contributed by atoms with Crippen LogP contribution in [0.15, 0.2) is 24.3 Å². The number of hydrogen-bond donors (Lipinski definition) is 0. The van der Waals surface area contributed by atoms with Crippen molar-refractivity contribution in [1.82, 2.24) is 0 Å². The molecule has 0 saturated heterocycles. The topological polar surface area (TPSA) is 0 Å². The van der Waals surface area contributed by atoms with Gasteiger partial charge < -0.3 is 0 Å². The standard InChI is InChI=1S/C10H11Cl/c1-2-3-7-10(11)8-5-4-6-9-10/h4-6,8H,2,9H2,1H3. The minimum atomic E-state index is -0.426. The van der Waals surface area contributed by atoms with Gasteiger partial charge in [-0.1, -0.05) is 37.1 Å². The lowest BCUT2D eigenvalue weighted by atomic mass is 10.0. The van der Waals surface area contributed by atoms with Gasteiger partial charge in [0.2, 0.25) is 0 Å². The zero-order valence-corrected chi connectivity index (χ0v) is 7.36. The first-order chi connectivity index (χ1) is 5.27. The molecular formula is C10H11Cl. The molecule has 0 N–H and O–H groups in total. The summed E-state index contributed by atoms with van der Waals surface area (Å²) in [5.74, 6) is 6.02. The third-order valence-corrected chi connectivity index (χ3v) is 1.87. The van der Waals surface area contributed by atoms with Crippen molar-refractivity contribution in [1.29, 1.82) is 0 Å². The summed E-state index contributed by atoms with van der Waals surface area (Å²) in [4.78, 5) is -0.426. The predicted octanol–water partition coefficient (Wildman–Crippen LogP) is 2.89. The second-order valence-electron chi connectivity index (χ2n) is 2.51. The maximum atomic E-state index is 6.14. The van der Waals surface area contributed by atoms with Gasteiger partial charge in [-0.15, -0.1) is 17.5 Å². The minimum absolute atomic E-state index is 0.426. The van der Waals surface area contributed by atoms with Gasteiger partial charge in [0.1, 0.15) is 4.87 Å². The number of allylic oxidation sites excluding steroid dienone is 4. The molecule has 0 heterocycles. The van der Waals surface area contributed by atoms with Crippen molar-refractivity contribution in [2.24, 2.45) is 0 Å². The van der Waals surface area contributed by atoms with Crippen LogP contribution in [0.3, 0.4) is 0 Å². The summed E-state index contributed by atoms with van der Waals surface area (Å²) in [6.45, 7) is 2.02. The van der Waals surface area contributed by atoms with Gasteiger partial charge in [-0.3, -0.25) is 0 Å². The molecule has 1 aliphatic carbocycles. The number of alkyl halides is 1. The van der Waals surface area contributed by atoms with E-state index >= 15 is 0 Å². The predicted molar refractivity (Wildman–Crippen MR) is 49.5 cm³/mol. The quantitative estimate of drug-likeness (QED) is 0.384. The molecule has 58 valence electrons. The summed E-state index contributed by atoms with van der Waals surface area (Å²) in [5.41, 5.74) is 0. The summed E-state index contributed by atoms with van der Waals surface area (Å²) in [6, 6.07) is 0. The van der Waals surface area contributed by atoms with Crippen LogP contribution in [0.4, 0.5) is 0 Å². The van der Waals surface area contributed by atoms with Crippen molar-refractivity contribution in [3.8, 4) is 11.8 Å². The molecule has 0 fully saturated rings. The van der Waals surface area contributed by atoms with Crippen LogP contribution in [0.25, 0.3) is 0 Å². The Balaban J connectivity index is 2.68. The Bertz CT molecular complexity index is 239. The Morgan fingerprint density at radius 2 is 2.36 bits per heavy atom. The van der Waals surface area contributed by atoms with E-state index < -0.39 is 4.87 Å². The van der Waals surface area contributed by atoms with E-state index in [9.17, 15) is 0 Å². The summed E-state index contributed by atoms with van der Waals surface area (Å²) < 4.78 is 0. The lowest BCUT2D eigenvalue weighted by molar-refractivity contribution is 0.895. The fourth-order valence-electron chi connectivity index (χ4n) is 0.922. The smallest absolute Gasteiger partial charge is 0.101 e. The fourth-order valence-corrected chi connectivity index (χ4v) is 1.15. The van der Waals surface area contributed by atoms with Gasteiger partial charge in [0.15, 0.2) is 0 Å². The Hall–Kier alpha value is -0.670. The van der Waals surface area contributed by atoms with Gasteiger partial charge in [0, 0.05) is 6.42 Å².